The Labute approximate surface area is 112 Å². The highest BCUT2D eigenvalue weighted by Gasteiger charge is 2.09. The molecule has 6 nitrogen and oxygen atoms in total. The molecule has 0 spiro atoms. The van der Waals surface area contributed by atoms with Crippen LogP contribution in [0.15, 0.2) is 18.2 Å². The fraction of sp³-hybridized carbons (Fsp3) is 0.462. The zero-order valence-corrected chi connectivity index (χ0v) is 11.6. The van der Waals surface area contributed by atoms with Crippen LogP contribution in [0.2, 0.25) is 0 Å². The minimum atomic E-state index is 0.622. The summed E-state index contributed by atoms with van der Waals surface area (Å²) in [5.74, 6) is 1.73. The van der Waals surface area contributed by atoms with Gasteiger partial charge in [-0.3, -0.25) is 0 Å². The van der Waals surface area contributed by atoms with Crippen molar-refractivity contribution in [2.45, 2.75) is 19.9 Å². The molecule has 2 rings (SSSR count). The second-order valence-electron chi connectivity index (χ2n) is 4.42. The minimum absolute atomic E-state index is 0.622. The van der Waals surface area contributed by atoms with Gasteiger partial charge < -0.3 is 10.1 Å². The van der Waals surface area contributed by atoms with Gasteiger partial charge in [0.25, 0.3) is 0 Å². The molecule has 0 radical (unpaired) electrons. The molecule has 0 bridgehead atoms. The van der Waals surface area contributed by atoms with Gasteiger partial charge >= 0.3 is 0 Å². The van der Waals surface area contributed by atoms with E-state index in [0.717, 1.165) is 30.1 Å². The molecule has 0 saturated carbocycles. The first-order valence-corrected chi connectivity index (χ1v) is 6.27. The van der Waals surface area contributed by atoms with E-state index in [0.29, 0.717) is 6.54 Å². The van der Waals surface area contributed by atoms with Crippen molar-refractivity contribution in [3.8, 4) is 5.75 Å². The van der Waals surface area contributed by atoms with E-state index >= 15 is 0 Å². The molecule has 0 atom stereocenters. The summed E-state index contributed by atoms with van der Waals surface area (Å²) in [6.45, 7) is 3.53. The standard InChI is InChI=1S/C13H19N5O/c1-10-4-5-12(19-3)11(8-10)9-18-13(6-7-14-2)15-16-17-18/h4-5,8,14H,6-7,9H2,1-3H3. The average Bonchev–Trinajstić information content (AvgIpc) is 2.84. The van der Waals surface area contributed by atoms with E-state index in [4.69, 9.17) is 4.74 Å². The number of methoxy groups -OCH3 is 1. The maximum absolute atomic E-state index is 5.38. The Morgan fingerprint density at radius 2 is 2.21 bits per heavy atom. The molecule has 0 saturated heterocycles. The van der Waals surface area contributed by atoms with E-state index in [2.05, 4.69) is 33.8 Å². The van der Waals surface area contributed by atoms with Gasteiger partial charge in [-0.1, -0.05) is 17.7 Å². The number of ether oxygens (including phenoxy) is 1. The largest absolute Gasteiger partial charge is 0.496 e. The van der Waals surface area contributed by atoms with Crippen LogP contribution in [-0.4, -0.2) is 40.9 Å². The first kappa shape index (κ1) is 13.5. The molecule has 0 amide bonds. The molecular formula is C13H19N5O. The summed E-state index contributed by atoms with van der Waals surface area (Å²) in [4.78, 5) is 0. The summed E-state index contributed by atoms with van der Waals surface area (Å²) in [5.41, 5.74) is 2.28. The molecule has 0 aliphatic carbocycles. The highest BCUT2D eigenvalue weighted by atomic mass is 16.5. The number of aryl methyl sites for hydroxylation is 1. The number of nitrogens with one attached hydrogen (secondary N) is 1. The Morgan fingerprint density at radius 3 is 2.95 bits per heavy atom. The number of hydrogen-bond acceptors (Lipinski definition) is 5. The van der Waals surface area contributed by atoms with E-state index in [1.807, 2.05) is 23.9 Å². The highest BCUT2D eigenvalue weighted by Crippen LogP contribution is 2.20. The lowest BCUT2D eigenvalue weighted by molar-refractivity contribution is 0.406. The number of benzene rings is 1. The van der Waals surface area contributed by atoms with Gasteiger partial charge in [0.05, 0.1) is 13.7 Å². The number of aromatic nitrogens is 4. The number of rotatable bonds is 6. The molecule has 1 heterocycles. The Kier molecular flexibility index (Phi) is 4.46. The molecule has 19 heavy (non-hydrogen) atoms. The van der Waals surface area contributed by atoms with Crippen LogP contribution in [0.1, 0.15) is 17.0 Å². The molecular weight excluding hydrogens is 242 g/mol. The zero-order chi connectivity index (χ0) is 13.7. The summed E-state index contributed by atoms with van der Waals surface area (Å²) < 4.78 is 7.19. The lowest BCUT2D eigenvalue weighted by atomic mass is 10.1. The van der Waals surface area contributed by atoms with E-state index in [1.165, 1.54) is 5.56 Å². The minimum Gasteiger partial charge on any atom is -0.496 e. The van der Waals surface area contributed by atoms with E-state index in [9.17, 15) is 0 Å². The predicted molar refractivity (Wildman–Crippen MR) is 72.3 cm³/mol. The Morgan fingerprint density at radius 1 is 1.37 bits per heavy atom. The maximum Gasteiger partial charge on any atom is 0.152 e. The number of nitrogens with zero attached hydrogens (tertiary/aromatic N) is 4. The molecule has 0 aliphatic rings. The molecule has 1 N–H and O–H groups in total. The van der Waals surface area contributed by atoms with Crippen molar-refractivity contribution >= 4 is 0 Å². The van der Waals surface area contributed by atoms with Crippen LogP contribution < -0.4 is 10.1 Å². The number of likely N-dealkylation sites (N-methyl/N-ethyl adjacent to an activating group) is 1. The van der Waals surface area contributed by atoms with Crippen molar-refractivity contribution in [3.05, 3.63) is 35.2 Å². The fourth-order valence-corrected chi connectivity index (χ4v) is 1.95. The summed E-state index contributed by atoms with van der Waals surface area (Å²) >= 11 is 0. The third kappa shape index (κ3) is 3.29. The van der Waals surface area contributed by atoms with Crippen LogP contribution in [-0.2, 0) is 13.0 Å². The van der Waals surface area contributed by atoms with E-state index < -0.39 is 0 Å². The van der Waals surface area contributed by atoms with Crippen molar-refractivity contribution < 1.29 is 4.74 Å². The average molecular weight is 261 g/mol. The molecule has 2 aromatic rings. The van der Waals surface area contributed by atoms with E-state index in [1.54, 1.807) is 7.11 Å². The zero-order valence-electron chi connectivity index (χ0n) is 11.6. The van der Waals surface area contributed by atoms with Crippen LogP contribution in [0.4, 0.5) is 0 Å². The van der Waals surface area contributed by atoms with Crippen LogP contribution in [0.3, 0.4) is 0 Å². The molecule has 6 heteroatoms. The van der Waals surface area contributed by atoms with Crippen molar-refractivity contribution in [1.82, 2.24) is 25.5 Å². The topological polar surface area (TPSA) is 64.9 Å². The summed E-state index contributed by atoms with van der Waals surface area (Å²) in [6, 6.07) is 6.11. The van der Waals surface area contributed by atoms with Gasteiger partial charge in [-0.05, 0) is 30.5 Å². The smallest absolute Gasteiger partial charge is 0.152 e. The lowest BCUT2D eigenvalue weighted by Crippen LogP contribution is -2.15. The summed E-state index contributed by atoms with van der Waals surface area (Å²) in [7, 11) is 3.59. The summed E-state index contributed by atoms with van der Waals surface area (Å²) in [6.07, 6.45) is 0.803. The van der Waals surface area contributed by atoms with Crippen molar-refractivity contribution in [2.24, 2.45) is 0 Å². The first-order chi connectivity index (χ1) is 9.24. The quantitative estimate of drug-likeness (QED) is 0.833. The van der Waals surface area contributed by atoms with Gasteiger partial charge in [0.15, 0.2) is 5.82 Å². The van der Waals surface area contributed by atoms with Gasteiger partial charge in [0.1, 0.15) is 5.75 Å². The van der Waals surface area contributed by atoms with Gasteiger partial charge in [-0.2, -0.15) is 0 Å². The molecule has 0 fully saturated rings. The predicted octanol–water partition coefficient (Wildman–Crippen LogP) is 0.800. The molecule has 1 aromatic carbocycles. The normalized spacial score (nSPS) is 10.7. The van der Waals surface area contributed by atoms with Gasteiger partial charge in [0.2, 0.25) is 0 Å². The Hall–Kier alpha value is -1.95. The maximum atomic E-state index is 5.38. The van der Waals surface area contributed by atoms with Gasteiger partial charge in [-0.25, -0.2) is 4.68 Å². The monoisotopic (exact) mass is 261 g/mol. The second kappa shape index (κ2) is 6.29. The lowest BCUT2D eigenvalue weighted by Gasteiger charge is -2.10. The number of tetrazole rings is 1. The molecule has 102 valence electrons. The fourth-order valence-electron chi connectivity index (χ4n) is 1.95. The Balaban J connectivity index is 2.21. The summed E-state index contributed by atoms with van der Waals surface area (Å²) in [5, 5.41) is 14.9. The van der Waals surface area contributed by atoms with Crippen molar-refractivity contribution in [1.29, 1.82) is 0 Å². The van der Waals surface area contributed by atoms with Crippen molar-refractivity contribution in [2.75, 3.05) is 20.7 Å². The van der Waals surface area contributed by atoms with Crippen LogP contribution in [0.5, 0.6) is 5.75 Å². The van der Waals surface area contributed by atoms with Crippen molar-refractivity contribution in [3.63, 3.8) is 0 Å². The molecule has 1 aromatic heterocycles. The Bertz CT molecular complexity index is 538. The number of hydrogen-bond donors (Lipinski definition) is 1. The van der Waals surface area contributed by atoms with Gasteiger partial charge in [0, 0.05) is 18.5 Å². The van der Waals surface area contributed by atoms with Crippen LogP contribution >= 0.6 is 0 Å². The molecule has 0 unspecified atom stereocenters. The van der Waals surface area contributed by atoms with Crippen LogP contribution in [0.25, 0.3) is 0 Å². The second-order valence-corrected chi connectivity index (χ2v) is 4.42. The third-order valence-electron chi connectivity index (χ3n) is 2.96. The van der Waals surface area contributed by atoms with Gasteiger partial charge in [-0.15, -0.1) is 5.10 Å². The first-order valence-electron chi connectivity index (χ1n) is 6.27. The third-order valence-corrected chi connectivity index (χ3v) is 2.96. The van der Waals surface area contributed by atoms with Crippen LogP contribution in [0, 0.1) is 6.92 Å². The molecule has 0 aliphatic heterocycles. The van der Waals surface area contributed by atoms with E-state index in [-0.39, 0.29) is 0 Å². The SMILES string of the molecule is CNCCc1nnnn1Cc1cc(C)ccc1OC. The highest BCUT2D eigenvalue weighted by molar-refractivity contribution is 5.36.